The van der Waals surface area contributed by atoms with E-state index in [1.54, 1.807) is 75.6 Å². The lowest BCUT2D eigenvalue weighted by atomic mass is 10.1. The molecule has 0 bridgehead atoms. The summed E-state index contributed by atoms with van der Waals surface area (Å²) < 4.78 is 34.2. The maximum atomic E-state index is 14.0. The SMILES string of the molecule is CCCCNC(=O)[C@@H](C)N(Cc1cccc(OC)c1)C(=O)CN(c1ccc(Cl)cc1C)S(=O)(=O)c1ccccc1. The van der Waals surface area contributed by atoms with E-state index in [1.807, 2.05) is 13.0 Å². The summed E-state index contributed by atoms with van der Waals surface area (Å²) in [5.41, 5.74) is 1.65. The van der Waals surface area contributed by atoms with Crippen LogP contribution in [0.5, 0.6) is 5.75 Å². The van der Waals surface area contributed by atoms with Crippen LogP contribution in [0.1, 0.15) is 37.8 Å². The van der Waals surface area contributed by atoms with Crippen LogP contribution in [0, 0.1) is 6.92 Å². The molecule has 10 heteroatoms. The Morgan fingerprint density at radius 3 is 2.40 bits per heavy atom. The van der Waals surface area contributed by atoms with Crippen molar-refractivity contribution in [1.82, 2.24) is 10.2 Å². The van der Waals surface area contributed by atoms with Gasteiger partial charge in [0, 0.05) is 18.1 Å². The van der Waals surface area contributed by atoms with Crippen LogP contribution in [0.2, 0.25) is 5.02 Å². The van der Waals surface area contributed by atoms with Gasteiger partial charge in [-0.2, -0.15) is 0 Å². The summed E-state index contributed by atoms with van der Waals surface area (Å²) >= 11 is 6.15. The number of ether oxygens (including phenoxy) is 1. The molecule has 0 aliphatic heterocycles. The second-order valence-corrected chi connectivity index (χ2v) is 11.7. The molecule has 0 fully saturated rings. The number of sulfonamides is 1. The minimum atomic E-state index is -4.14. The average Bonchev–Trinajstić information content (AvgIpc) is 2.95. The molecular weight excluding hydrogens is 550 g/mol. The molecule has 0 saturated heterocycles. The second kappa shape index (κ2) is 14.2. The van der Waals surface area contributed by atoms with Crippen molar-refractivity contribution < 1.29 is 22.7 Å². The summed E-state index contributed by atoms with van der Waals surface area (Å²) in [6.07, 6.45) is 1.72. The van der Waals surface area contributed by atoms with E-state index in [9.17, 15) is 18.0 Å². The minimum Gasteiger partial charge on any atom is -0.497 e. The van der Waals surface area contributed by atoms with Gasteiger partial charge in [0.2, 0.25) is 11.8 Å². The number of hydrogen-bond acceptors (Lipinski definition) is 5. The number of carbonyl (C=O) groups is 2. The van der Waals surface area contributed by atoms with Gasteiger partial charge in [0.1, 0.15) is 18.3 Å². The number of rotatable bonds is 13. The van der Waals surface area contributed by atoms with Crippen molar-refractivity contribution >= 4 is 39.1 Å². The third kappa shape index (κ3) is 7.76. The molecule has 0 aliphatic carbocycles. The molecule has 0 heterocycles. The highest BCUT2D eigenvalue weighted by Crippen LogP contribution is 2.29. The highest BCUT2D eigenvalue weighted by atomic mass is 35.5. The zero-order chi connectivity index (χ0) is 29.3. The molecule has 1 atom stereocenters. The predicted molar refractivity (Wildman–Crippen MR) is 158 cm³/mol. The molecule has 0 radical (unpaired) electrons. The Hall–Kier alpha value is -3.56. The van der Waals surface area contributed by atoms with Gasteiger partial charge in [0.15, 0.2) is 0 Å². The monoisotopic (exact) mass is 585 g/mol. The Labute approximate surface area is 241 Å². The zero-order valence-electron chi connectivity index (χ0n) is 23.3. The lowest BCUT2D eigenvalue weighted by Gasteiger charge is -2.32. The van der Waals surface area contributed by atoms with Crippen LogP contribution in [0.15, 0.2) is 77.7 Å². The van der Waals surface area contributed by atoms with E-state index in [0.29, 0.717) is 28.6 Å². The van der Waals surface area contributed by atoms with Crippen molar-refractivity contribution in [2.45, 2.75) is 51.1 Å². The van der Waals surface area contributed by atoms with Crippen LogP contribution in [0.3, 0.4) is 0 Å². The van der Waals surface area contributed by atoms with Crippen LogP contribution in [-0.4, -0.2) is 51.4 Å². The van der Waals surface area contributed by atoms with E-state index in [-0.39, 0.29) is 17.3 Å². The second-order valence-electron chi connectivity index (χ2n) is 9.45. The molecule has 214 valence electrons. The molecule has 8 nitrogen and oxygen atoms in total. The Bertz CT molecular complexity index is 1420. The number of methoxy groups -OCH3 is 1. The van der Waals surface area contributed by atoms with Gasteiger partial charge in [0.05, 0.1) is 17.7 Å². The summed E-state index contributed by atoms with van der Waals surface area (Å²) in [4.78, 5) is 28.5. The molecule has 3 rings (SSSR count). The summed E-state index contributed by atoms with van der Waals surface area (Å²) in [5.74, 6) is -0.241. The number of anilines is 1. The summed E-state index contributed by atoms with van der Waals surface area (Å²) in [6, 6.07) is 19.1. The molecule has 2 amide bonds. The van der Waals surface area contributed by atoms with Gasteiger partial charge in [0.25, 0.3) is 10.0 Å². The first-order valence-corrected chi connectivity index (χ1v) is 14.9. The van der Waals surface area contributed by atoms with E-state index in [1.165, 1.54) is 17.0 Å². The van der Waals surface area contributed by atoms with Crippen molar-refractivity contribution in [2.75, 3.05) is 24.5 Å². The molecule has 1 N–H and O–H groups in total. The largest absolute Gasteiger partial charge is 0.497 e. The van der Waals surface area contributed by atoms with E-state index in [4.69, 9.17) is 16.3 Å². The summed E-state index contributed by atoms with van der Waals surface area (Å²) in [5, 5.41) is 3.33. The number of unbranched alkanes of at least 4 members (excludes halogenated alkanes) is 1. The first-order valence-electron chi connectivity index (χ1n) is 13.1. The highest BCUT2D eigenvalue weighted by molar-refractivity contribution is 7.92. The van der Waals surface area contributed by atoms with Gasteiger partial charge in [-0.3, -0.25) is 13.9 Å². The number of hydrogen-bond donors (Lipinski definition) is 1. The van der Waals surface area contributed by atoms with Crippen molar-refractivity contribution in [1.29, 1.82) is 0 Å². The zero-order valence-corrected chi connectivity index (χ0v) is 24.8. The topological polar surface area (TPSA) is 96.0 Å². The van der Waals surface area contributed by atoms with Crippen LogP contribution in [0.4, 0.5) is 5.69 Å². The standard InChI is InChI=1S/C30H36ClN3O5S/c1-5-6-17-32-30(36)23(3)33(20-24-11-10-12-26(19-24)39-4)29(35)21-34(28-16-15-25(31)18-22(28)2)40(37,38)27-13-8-7-9-14-27/h7-16,18-19,23H,5-6,17,20-21H2,1-4H3,(H,32,36)/t23-/m1/s1. The average molecular weight is 586 g/mol. The molecule has 0 spiro atoms. The quantitative estimate of drug-likeness (QED) is 0.279. The van der Waals surface area contributed by atoms with Crippen molar-refractivity contribution in [3.05, 3.63) is 88.9 Å². The highest BCUT2D eigenvalue weighted by Gasteiger charge is 2.33. The van der Waals surface area contributed by atoms with Crippen LogP contribution < -0.4 is 14.4 Å². The van der Waals surface area contributed by atoms with Gasteiger partial charge in [-0.25, -0.2) is 8.42 Å². The maximum absolute atomic E-state index is 14.0. The van der Waals surface area contributed by atoms with Gasteiger partial charge >= 0.3 is 0 Å². The number of aryl methyl sites for hydroxylation is 1. The molecule has 0 aliphatic rings. The molecule has 0 unspecified atom stereocenters. The van der Waals surface area contributed by atoms with E-state index >= 15 is 0 Å². The number of halogens is 1. The summed E-state index contributed by atoms with van der Waals surface area (Å²) in [6.45, 7) is 5.45. The Morgan fingerprint density at radius 2 is 1.75 bits per heavy atom. The van der Waals surface area contributed by atoms with Gasteiger partial charge in [-0.15, -0.1) is 0 Å². The van der Waals surface area contributed by atoms with Gasteiger partial charge < -0.3 is 15.0 Å². The first-order chi connectivity index (χ1) is 19.1. The van der Waals surface area contributed by atoms with Crippen LogP contribution in [-0.2, 0) is 26.2 Å². The number of nitrogens with zero attached hydrogens (tertiary/aromatic N) is 2. The fourth-order valence-corrected chi connectivity index (χ4v) is 5.94. The van der Waals surface area contributed by atoms with Gasteiger partial charge in [-0.05, 0) is 73.9 Å². The lowest BCUT2D eigenvalue weighted by Crippen LogP contribution is -2.51. The molecule has 3 aromatic rings. The van der Waals surface area contributed by atoms with Crippen molar-refractivity contribution in [3.8, 4) is 5.75 Å². The third-order valence-electron chi connectivity index (χ3n) is 6.52. The first kappa shape index (κ1) is 31.0. The van der Waals surface area contributed by atoms with E-state index < -0.39 is 28.5 Å². The van der Waals surface area contributed by atoms with E-state index in [2.05, 4.69) is 5.32 Å². The number of amides is 2. The van der Waals surface area contributed by atoms with E-state index in [0.717, 1.165) is 22.7 Å². The molecule has 0 saturated carbocycles. The Morgan fingerprint density at radius 1 is 1.02 bits per heavy atom. The normalized spacial score (nSPS) is 11.9. The maximum Gasteiger partial charge on any atom is 0.264 e. The molecular formula is C30H36ClN3O5S. The number of nitrogens with one attached hydrogen (secondary N) is 1. The van der Waals surface area contributed by atoms with Crippen molar-refractivity contribution in [2.24, 2.45) is 0 Å². The smallest absolute Gasteiger partial charge is 0.264 e. The predicted octanol–water partition coefficient (Wildman–Crippen LogP) is 5.19. The Kier molecular flexibility index (Phi) is 11.0. The Balaban J connectivity index is 2.03. The summed E-state index contributed by atoms with van der Waals surface area (Å²) in [7, 11) is -2.59. The fraction of sp³-hybridized carbons (Fsp3) is 0.333. The minimum absolute atomic E-state index is 0.0434. The molecule has 40 heavy (non-hydrogen) atoms. The van der Waals surface area contributed by atoms with Crippen molar-refractivity contribution in [3.63, 3.8) is 0 Å². The third-order valence-corrected chi connectivity index (χ3v) is 8.53. The number of carbonyl (C=O) groups excluding carboxylic acids is 2. The molecule has 3 aromatic carbocycles. The van der Waals surface area contributed by atoms with Gasteiger partial charge in [-0.1, -0.05) is 55.3 Å². The van der Waals surface area contributed by atoms with Crippen LogP contribution in [0.25, 0.3) is 0 Å². The fourth-order valence-electron chi connectivity index (χ4n) is 4.22. The lowest BCUT2D eigenvalue weighted by molar-refractivity contribution is -0.139. The number of benzene rings is 3. The molecule has 0 aromatic heterocycles. The van der Waals surface area contributed by atoms with Crippen LogP contribution >= 0.6 is 11.6 Å².